The van der Waals surface area contributed by atoms with Gasteiger partial charge in [-0.3, -0.25) is 0 Å². The monoisotopic (exact) mass is 268 g/mol. The Bertz CT molecular complexity index is 286. The molecule has 0 atom stereocenters. The molecule has 0 unspecified atom stereocenters. The van der Waals surface area contributed by atoms with Crippen molar-refractivity contribution in [1.29, 1.82) is 0 Å². The average Bonchev–Trinajstić information content (AvgIpc) is 2.07. The van der Waals surface area contributed by atoms with Crippen LogP contribution in [0.1, 0.15) is 0 Å². The molecule has 0 amide bonds. The van der Waals surface area contributed by atoms with Gasteiger partial charge in [0.25, 0.3) is 0 Å². The third-order valence-corrected chi connectivity index (χ3v) is 1.28. The van der Waals surface area contributed by atoms with E-state index in [1.165, 1.54) is 0 Å². The van der Waals surface area contributed by atoms with Crippen molar-refractivity contribution in [2.24, 2.45) is 0 Å². The molecule has 3 N–H and O–H groups in total. The molecule has 0 saturated heterocycles. The molecule has 9 heteroatoms. The zero-order valence-corrected chi connectivity index (χ0v) is 7.34. The Labute approximate surface area is 131 Å². The van der Waals surface area contributed by atoms with E-state index in [0.29, 0.717) is 0 Å². The van der Waals surface area contributed by atoms with Gasteiger partial charge in [-0.2, -0.15) is 0 Å². The standard InChI is InChI=1S/C6H2ClF3.BH3O3.K.H/c7-3-1-2-4(8)6(10)5(3)9;2-1(3)4;;/h1-2H;2-4H;;. The van der Waals surface area contributed by atoms with Crippen molar-refractivity contribution in [1.82, 2.24) is 0 Å². The van der Waals surface area contributed by atoms with Gasteiger partial charge in [-0.25, -0.2) is 13.2 Å². The molecule has 15 heavy (non-hydrogen) atoms. The Morgan fingerprint density at radius 3 is 1.73 bits per heavy atom. The first-order chi connectivity index (χ1) is 6.36. The number of halogens is 4. The van der Waals surface area contributed by atoms with Crippen molar-refractivity contribution < 1.29 is 28.2 Å². The molecule has 1 aromatic rings. The van der Waals surface area contributed by atoms with Crippen LogP contribution in [-0.2, 0) is 0 Å². The molecule has 1 aromatic carbocycles. The Morgan fingerprint density at radius 2 is 1.40 bits per heavy atom. The van der Waals surface area contributed by atoms with Crippen LogP contribution in [0.4, 0.5) is 13.2 Å². The normalized spacial score (nSPS) is 8.47. The van der Waals surface area contributed by atoms with Gasteiger partial charge in [-0.15, -0.1) is 0 Å². The summed E-state index contributed by atoms with van der Waals surface area (Å²) >= 11 is 5.10. The zero-order valence-electron chi connectivity index (χ0n) is 6.59. The summed E-state index contributed by atoms with van der Waals surface area (Å²) in [6.07, 6.45) is 0. The van der Waals surface area contributed by atoms with Gasteiger partial charge >= 0.3 is 58.7 Å². The molecule has 3 nitrogen and oxygen atoms in total. The second-order valence-electron chi connectivity index (χ2n) is 2.00. The topological polar surface area (TPSA) is 60.7 Å². The van der Waals surface area contributed by atoms with Crippen molar-refractivity contribution >= 4 is 70.3 Å². The first-order valence-electron chi connectivity index (χ1n) is 3.19. The molecular formula is C6H6BClF3KO3. The summed E-state index contributed by atoms with van der Waals surface area (Å²) in [6.45, 7) is 0. The molecule has 0 spiro atoms. The molecule has 80 valence electrons. The second kappa shape index (κ2) is 8.97. The third-order valence-electron chi connectivity index (χ3n) is 0.988. The fourth-order valence-corrected chi connectivity index (χ4v) is 0.648. The number of hydrogen-bond donors (Lipinski definition) is 3. The van der Waals surface area contributed by atoms with E-state index in [1.54, 1.807) is 0 Å². The molecule has 0 fully saturated rings. The number of rotatable bonds is 0. The molecular weight excluding hydrogens is 262 g/mol. The number of benzene rings is 1. The van der Waals surface area contributed by atoms with Crippen LogP contribution in [0.3, 0.4) is 0 Å². The second-order valence-corrected chi connectivity index (χ2v) is 2.41. The van der Waals surface area contributed by atoms with Crippen LogP contribution in [0.25, 0.3) is 0 Å². The molecule has 0 aliphatic carbocycles. The Kier molecular flexibility index (Phi) is 10.9. The van der Waals surface area contributed by atoms with Crippen molar-refractivity contribution in [3.63, 3.8) is 0 Å². The fourth-order valence-electron chi connectivity index (χ4n) is 0.502. The van der Waals surface area contributed by atoms with Crippen LogP contribution in [0.15, 0.2) is 12.1 Å². The van der Waals surface area contributed by atoms with E-state index in [0.717, 1.165) is 12.1 Å². The van der Waals surface area contributed by atoms with E-state index >= 15 is 0 Å². The van der Waals surface area contributed by atoms with Crippen LogP contribution < -0.4 is 0 Å². The summed E-state index contributed by atoms with van der Waals surface area (Å²) in [5, 5.41) is 21.1. The molecule has 0 aromatic heterocycles. The molecule has 0 aliphatic rings. The summed E-state index contributed by atoms with van der Waals surface area (Å²) in [5.74, 6) is -4.11. The van der Waals surface area contributed by atoms with E-state index in [9.17, 15) is 13.2 Å². The van der Waals surface area contributed by atoms with Gasteiger partial charge in [-0.1, -0.05) is 11.6 Å². The van der Waals surface area contributed by atoms with E-state index in [2.05, 4.69) is 0 Å². The van der Waals surface area contributed by atoms with Gasteiger partial charge in [0.15, 0.2) is 17.5 Å². The minimum atomic E-state index is -2.17. The summed E-state index contributed by atoms with van der Waals surface area (Å²) in [5.41, 5.74) is 0. The maximum atomic E-state index is 12.2. The summed E-state index contributed by atoms with van der Waals surface area (Å²) in [6, 6.07) is 1.72. The van der Waals surface area contributed by atoms with Crippen molar-refractivity contribution in [2.45, 2.75) is 0 Å². The van der Waals surface area contributed by atoms with Crippen molar-refractivity contribution in [3.05, 3.63) is 34.6 Å². The quantitative estimate of drug-likeness (QED) is 0.354. The summed E-state index contributed by atoms with van der Waals surface area (Å²) in [7, 11) is -2.17. The summed E-state index contributed by atoms with van der Waals surface area (Å²) < 4.78 is 36.5. The molecule has 0 heterocycles. The average molecular weight is 268 g/mol. The zero-order chi connectivity index (χ0) is 11.3. The van der Waals surface area contributed by atoms with Gasteiger partial charge < -0.3 is 15.1 Å². The van der Waals surface area contributed by atoms with Gasteiger partial charge in [0, 0.05) is 0 Å². The summed E-state index contributed by atoms with van der Waals surface area (Å²) in [4.78, 5) is 0. The maximum absolute atomic E-state index is 12.2. The Morgan fingerprint density at radius 1 is 1.00 bits per heavy atom. The molecule has 0 bridgehead atoms. The van der Waals surface area contributed by atoms with Gasteiger partial charge in [0.05, 0.1) is 5.02 Å². The number of hydrogen-bond acceptors (Lipinski definition) is 3. The van der Waals surface area contributed by atoms with Gasteiger partial charge in [0.1, 0.15) is 0 Å². The molecule has 0 radical (unpaired) electrons. The third kappa shape index (κ3) is 7.72. The Hall–Kier alpha value is 0.881. The molecule has 0 saturated carbocycles. The van der Waals surface area contributed by atoms with Crippen LogP contribution in [-0.4, -0.2) is 73.8 Å². The van der Waals surface area contributed by atoms with Crippen LogP contribution in [0, 0.1) is 17.5 Å². The first-order valence-corrected chi connectivity index (χ1v) is 3.57. The predicted octanol–water partition coefficient (Wildman–Crippen LogP) is 0.0570. The first kappa shape index (κ1) is 18.3. The van der Waals surface area contributed by atoms with E-state index in [4.69, 9.17) is 26.7 Å². The van der Waals surface area contributed by atoms with E-state index in [-0.39, 0.29) is 51.4 Å². The van der Waals surface area contributed by atoms with Gasteiger partial charge in [-0.05, 0) is 12.1 Å². The van der Waals surface area contributed by atoms with Crippen LogP contribution >= 0.6 is 11.6 Å². The molecule has 1 rings (SSSR count). The van der Waals surface area contributed by atoms with Crippen molar-refractivity contribution in [2.75, 3.05) is 0 Å². The fraction of sp³-hybridized carbons (Fsp3) is 0. The van der Waals surface area contributed by atoms with Gasteiger partial charge in [0.2, 0.25) is 0 Å². The van der Waals surface area contributed by atoms with E-state index < -0.39 is 29.8 Å². The van der Waals surface area contributed by atoms with Crippen LogP contribution in [0.2, 0.25) is 5.02 Å². The SMILES string of the molecule is Fc1ccc(Cl)c(F)c1F.OB(O)O.[KH]. The Balaban J connectivity index is 0. The van der Waals surface area contributed by atoms with Crippen LogP contribution in [0.5, 0.6) is 0 Å². The molecule has 0 aliphatic heterocycles. The van der Waals surface area contributed by atoms with E-state index in [1.807, 2.05) is 0 Å². The van der Waals surface area contributed by atoms with Crippen molar-refractivity contribution in [3.8, 4) is 0 Å². The minimum absolute atomic E-state index is 0. The predicted molar refractivity (Wildman–Crippen MR) is 50.9 cm³/mol.